The molecule has 0 saturated heterocycles. The number of hydrogen-bond acceptors (Lipinski definition) is 4. The van der Waals surface area contributed by atoms with E-state index >= 15 is 0 Å². The molecule has 2 N–H and O–H groups in total. The van der Waals surface area contributed by atoms with Crippen molar-refractivity contribution in [2.45, 2.75) is 6.92 Å². The number of aromatic amines is 2. The van der Waals surface area contributed by atoms with E-state index in [0.717, 1.165) is 0 Å². The van der Waals surface area contributed by atoms with Gasteiger partial charge in [0.2, 0.25) is 0 Å². The third kappa shape index (κ3) is 1.50. The predicted molar refractivity (Wildman–Crippen MR) is 52.7 cm³/mol. The Balaban J connectivity index is 2.59. The quantitative estimate of drug-likeness (QED) is 0.699. The van der Waals surface area contributed by atoms with Gasteiger partial charge in [-0.15, -0.1) is 0 Å². The Morgan fingerprint density at radius 2 is 2.33 bits per heavy atom. The van der Waals surface area contributed by atoms with E-state index in [1.54, 1.807) is 6.92 Å². The Bertz CT molecular complexity index is 555. The molecule has 0 amide bonds. The van der Waals surface area contributed by atoms with Crippen LogP contribution < -0.4 is 5.56 Å². The molecule has 0 aliphatic carbocycles. The minimum atomic E-state index is -0.509. The molecule has 0 radical (unpaired) electrons. The Kier molecular flexibility index (Phi) is 2.24. The molecule has 6 nitrogen and oxygen atoms in total. The van der Waals surface area contributed by atoms with Crippen LogP contribution in [0.2, 0.25) is 0 Å². The monoisotopic (exact) mass is 207 g/mol. The summed E-state index contributed by atoms with van der Waals surface area (Å²) in [6.45, 7) is 1.99. The second kappa shape index (κ2) is 3.56. The second-order valence-electron chi connectivity index (χ2n) is 2.88. The fourth-order valence-corrected chi connectivity index (χ4v) is 1.31. The summed E-state index contributed by atoms with van der Waals surface area (Å²) in [6.07, 6.45) is 2.69. The smallest absolute Gasteiger partial charge is 0.357 e. The molecule has 0 saturated carbocycles. The van der Waals surface area contributed by atoms with Gasteiger partial charge in [-0.05, 0) is 6.92 Å². The van der Waals surface area contributed by atoms with Gasteiger partial charge < -0.3 is 14.7 Å². The first kappa shape index (κ1) is 9.45. The van der Waals surface area contributed by atoms with Gasteiger partial charge in [0.15, 0.2) is 5.69 Å². The van der Waals surface area contributed by atoms with E-state index in [1.165, 1.54) is 12.5 Å². The van der Waals surface area contributed by atoms with Crippen molar-refractivity contribution in [1.29, 1.82) is 0 Å². The largest absolute Gasteiger partial charge is 0.461 e. The first-order chi connectivity index (χ1) is 7.24. The third-order valence-electron chi connectivity index (χ3n) is 1.97. The molecular formula is C9H9N3O3. The van der Waals surface area contributed by atoms with Crippen LogP contribution in [-0.4, -0.2) is 27.5 Å². The van der Waals surface area contributed by atoms with E-state index < -0.39 is 5.97 Å². The molecule has 0 spiro atoms. The van der Waals surface area contributed by atoms with E-state index in [1.807, 2.05) is 0 Å². The van der Waals surface area contributed by atoms with E-state index in [9.17, 15) is 9.59 Å². The van der Waals surface area contributed by atoms with Crippen LogP contribution in [0.15, 0.2) is 17.3 Å². The van der Waals surface area contributed by atoms with Crippen molar-refractivity contribution in [2.75, 3.05) is 6.61 Å². The summed E-state index contributed by atoms with van der Waals surface area (Å²) in [7, 11) is 0. The lowest BCUT2D eigenvalue weighted by atomic mass is 10.3. The maximum absolute atomic E-state index is 11.4. The van der Waals surface area contributed by atoms with Gasteiger partial charge in [-0.1, -0.05) is 0 Å². The molecule has 2 aromatic heterocycles. The van der Waals surface area contributed by atoms with E-state index in [-0.39, 0.29) is 17.9 Å². The number of ether oxygens (including phenoxy) is 1. The van der Waals surface area contributed by atoms with Gasteiger partial charge in [-0.3, -0.25) is 4.79 Å². The summed E-state index contributed by atoms with van der Waals surface area (Å²) >= 11 is 0. The number of H-pyrrole nitrogens is 2. The SMILES string of the molecule is CCOC(=O)c1[nH]cc2c(=O)[nH]cnc12. The van der Waals surface area contributed by atoms with Crippen molar-refractivity contribution in [3.8, 4) is 0 Å². The molecule has 0 bridgehead atoms. The summed E-state index contributed by atoms with van der Waals surface area (Å²) in [5.41, 5.74) is 0.252. The Morgan fingerprint density at radius 3 is 3.07 bits per heavy atom. The zero-order valence-corrected chi connectivity index (χ0v) is 8.03. The lowest BCUT2D eigenvalue weighted by Crippen LogP contribution is -2.08. The molecule has 0 aliphatic heterocycles. The highest BCUT2D eigenvalue weighted by Gasteiger charge is 2.15. The lowest BCUT2D eigenvalue weighted by Gasteiger charge is -1.98. The van der Waals surface area contributed by atoms with Crippen molar-refractivity contribution in [3.05, 3.63) is 28.6 Å². The van der Waals surface area contributed by atoms with Gasteiger partial charge in [-0.2, -0.15) is 0 Å². The number of rotatable bonds is 2. The molecule has 78 valence electrons. The van der Waals surface area contributed by atoms with Gasteiger partial charge in [-0.25, -0.2) is 9.78 Å². The van der Waals surface area contributed by atoms with Gasteiger partial charge in [0.25, 0.3) is 5.56 Å². The van der Waals surface area contributed by atoms with Crippen molar-refractivity contribution < 1.29 is 9.53 Å². The van der Waals surface area contributed by atoms with E-state index in [2.05, 4.69) is 15.0 Å². The zero-order valence-electron chi connectivity index (χ0n) is 8.03. The van der Waals surface area contributed by atoms with Crippen molar-refractivity contribution in [1.82, 2.24) is 15.0 Å². The maximum Gasteiger partial charge on any atom is 0.357 e. The van der Waals surface area contributed by atoms with Crippen LogP contribution in [0.3, 0.4) is 0 Å². The zero-order chi connectivity index (χ0) is 10.8. The molecule has 0 aromatic carbocycles. The second-order valence-corrected chi connectivity index (χ2v) is 2.88. The number of nitrogens with one attached hydrogen (secondary N) is 2. The molecule has 0 unspecified atom stereocenters. The highest BCUT2D eigenvalue weighted by atomic mass is 16.5. The number of aromatic nitrogens is 3. The summed E-state index contributed by atoms with van der Waals surface area (Å²) in [4.78, 5) is 31.7. The number of carbonyl (C=O) groups is 1. The van der Waals surface area contributed by atoms with Crippen molar-refractivity contribution >= 4 is 16.9 Å². The molecule has 0 fully saturated rings. The Labute approximate surface area is 84.3 Å². The molecule has 2 heterocycles. The van der Waals surface area contributed by atoms with Crippen LogP contribution >= 0.6 is 0 Å². The first-order valence-corrected chi connectivity index (χ1v) is 4.46. The fraction of sp³-hybridized carbons (Fsp3) is 0.222. The van der Waals surface area contributed by atoms with Crippen LogP contribution in [0, 0.1) is 0 Å². The number of hydrogen-bond donors (Lipinski definition) is 2. The molecule has 6 heteroatoms. The number of fused-ring (bicyclic) bond motifs is 1. The summed E-state index contributed by atoms with van der Waals surface area (Å²) < 4.78 is 4.81. The topological polar surface area (TPSA) is 87.8 Å². The first-order valence-electron chi connectivity index (χ1n) is 4.46. The van der Waals surface area contributed by atoms with Gasteiger partial charge >= 0.3 is 5.97 Å². The highest BCUT2D eigenvalue weighted by Crippen LogP contribution is 2.11. The molecular weight excluding hydrogens is 198 g/mol. The van der Waals surface area contributed by atoms with E-state index in [4.69, 9.17) is 4.74 Å². The third-order valence-corrected chi connectivity index (χ3v) is 1.97. The summed E-state index contributed by atoms with van der Waals surface area (Å²) in [5.74, 6) is -0.509. The van der Waals surface area contributed by atoms with Crippen LogP contribution in [0.5, 0.6) is 0 Å². The average molecular weight is 207 g/mol. The van der Waals surface area contributed by atoms with Crippen molar-refractivity contribution in [3.63, 3.8) is 0 Å². The molecule has 2 rings (SSSR count). The maximum atomic E-state index is 11.4. The minimum absolute atomic E-state index is 0.206. The minimum Gasteiger partial charge on any atom is -0.461 e. The van der Waals surface area contributed by atoms with Crippen LogP contribution in [0.25, 0.3) is 10.9 Å². The number of esters is 1. The Hall–Kier alpha value is -2.11. The molecule has 2 aromatic rings. The fourth-order valence-electron chi connectivity index (χ4n) is 1.31. The van der Waals surface area contributed by atoms with Gasteiger partial charge in [0, 0.05) is 6.20 Å². The van der Waals surface area contributed by atoms with Crippen molar-refractivity contribution in [2.24, 2.45) is 0 Å². The Morgan fingerprint density at radius 1 is 1.53 bits per heavy atom. The number of nitrogens with zero attached hydrogens (tertiary/aromatic N) is 1. The predicted octanol–water partition coefficient (Wildman–Crippen LogP) is 0.428. The molecule has 0 aliphatic rings. The van der Waals surface area contributed by atoms with Gasteiger partial charge in [0.05, 0.1) is 18.3 Å². The van der Waals surface area contributed by atoms with Crippen LogP contribution in [0.1, 0.15) is 17.4 Å². The average Bonchev–Trinajstić information content (AvgIpc) is 2.63. The highest BCUT2D eigenvalue weighted by molar-refractivity contribution is 6.01. The standard InChI is InChI=1S/C9H9N3O3/c1-2-15-9(14)7-6-5(3-10-7)8(13)12-4-11-6/h3-4,10H,2H2,1H3,(H,11,12,13). The molecule has 0 atom stereocenters. The summed E-state index contributed by atoms with van der Waals surface area (Å²) in [5, 5.41) is 0.348. The van der Waals surface area contributed by atoms with Crippen LogP contribution in [-0.2, 0) is 4.74 Å². The van der Waals surface area contributed by atoms with Crippen LogP contribution in [0.4, 0.5) is 0 Å². The van der Waals surface area contributed by atoms with Gasteiger partial charge in [0.1, 0.15) is 5.52 Å². The normalized spacial score (nSPS) is 10.5. The summed E-state index contributed by atoms with van der Waals surface area (Å²) in [6, 6.07) is 0. The lowest BCUT2D eigenvalue weighted by molar-refractivity contribution is 0.0522. The van der Waals surface area contributed by atoms with E-state index in [0.29, 0.717) is 10.9 Å². The molecule has 15 heavy (non-hydrogen) atoms. The number of carbonyl (C=O) groups excluding carboxylic acids is 1.